The maximum Gasteiger partial charge on any atom is 0.254 e. The van der Waals surface area contributed by atoms with Crippen LogP contribution in [-0.4, -0.2) is 58.8 Å². The van der Waals surface area contributed by atoms with E-state index in [1.807, 2.05) is 49.3 Å². The number of fused-ring (bicyclic) bond motifs is 1. The summed E-state index contributed by atoms with van der Waals surface area (Å²) in [5, 5.41) is 3.93. The maximum absolute atomic E-state index is 13.6. The fraction of sp³-hybridized carbons (Fsp3) is 0.500. The largest absolute Gasteiger partial charge is 0.381 e. The van der Waals surface area contributed by atoms with Gasteiger partial charge in [-0.05, 0) is 64.3 Å². The van der Waals surface area contributed by atoms with Gasteiger partial charge in [0.25, 0.3) is 11.5 Å². The molecule has 2 saturated heterocycles. The number of amides is 2. The van der Waals surface area contributed by atoms with Gasteiger partial charge in [-0.2, -0.15) is 0 Å². The van der Waals surface area contributed by atoms with E-state index >= 15 is 0 Å². The number of carbonyl (C=O) groups is 2. The summed E-state index contributed by atoms with van der Waals surface area (Å²) in [5.41, 5.74) is 3.81. The number of pyridine rings is 1. The lowest BCUT2D eigenvalue weighted by atomic mass is 9.89. The number of aromatic nitrogens is 2. The van der Waals surface area contributed by atoms with Crippen LogP contribution in [0.5, 0.6) is 0 Å². The summed E-state index contributed by atoms with van der Waals surface area (Å²) in [7, 11) is 0. The summed E-state index contributed by atoms with van der Waals surface area (Å²) in [6.45, 7) is 9.01. The van der Waals surface area contributed by atoms with Crippen LogP contribution in [0, 0.1) is 25.7 Å². The fourth-order valence-corrected chi connectivity index (χ4v) is 7.00. The Bertz CT molecular complexity index is 1430. The second-order valence-electron chi connectivity index (χ2n) is 10.8. The standard InChI is InChI=1S/C30H38N4O4S/c1-18-15-26(39-4)24(28(35)32-18)16-31-29(36)27-20(3)34(25-8-6-5-7-23(25)27)19(2)21-9-12-33(13-10-21)30(37)22-11-14-38-17-22/h5-8,15,19,21-22H,9-14,16-17H2,1-4H3,(H,31,36)(H,32,35)/t19?,22-/m0/s1. The number of aryl methyl sites for hydroxylation is 1. The molecule has 2 atom stereocenters. The first-order chi connectivity index (χ1) is 18.8. The summed E-state index contributed by atoms with van der Waals surface area (Å²) in [5.74, 6) is 0.464. The van der Waals surface area contributed by atoms with Crippen LogP contribution in [-0.2, 0) is 16.1 Å². The van der Waals surface area contributed by atoms with Gasteiger partial charge in [0.05, 0.1) is 18.1 Å². The Morgan fingerprint density at radius 1 is 1.18 bits per heavy atom. The minimum absolute atomic E-state index is 0.0122. The van der Waals surface area contributed by atoms with Crippen molar-refractivity contribution in [1.29, 1.82) is 0 Å². The molecule has 2 aromatic heterocycles. The molecule has 0 spiro atoms. The number of ether oxygens (including phenoxy) is 1. The van der Waals surface area contributed by atoms with Crippen molar-refractivity contribution < 1.29 is 14.3 Å². The van der Waals surface area contributed by atoms with Gasteiger partial charge in [0.2, 0.25) is 5.91 Å². The zero-order valence-corrected chi connectivity index (χ0v) is 24.0. The first-order valence-corrected chi connectivity index (χ1v) is 15.0. The van der Waals surface area contributed by atoms with E-state index in [0.29, 0.717) is 30.3 Å². The van der Waals surface area contributed by atoms with Crippen LogP contribution < -0.4 is 10.9 Å². The van der Waals surface area contributed by atoms with Crippen molar-refractivity contribution in [2.75, 3.05) is 32.6 Å². The Balaban J connectivity index is 1.35. The Hall–Kier alpha value is -3.04. The number of para-hydroxylation sites is 1. The monoisotopic (exact) mass is 550 g/mol. The zero-order valence-electron chi connectivity index (χ0n) is 23.2. The highest BCUT2D eigenvalue weighted by Crippen LogP contribution is 2.36. The molecule has 1 unspecified atom stereocenters. The third-order valence-corrected chi connectivity index (χ3v) is 9.28. The minimum atomic E-state index is -0.180. The van der Waals surface area contributed by atoms with Gasteiger partial charge in [0.1, 0.15) is 0 Å². The van der Waals surface area contributed by atoms with Crippen molar-refractivity contribution in [2.24, 2.45) is 11.8 Å². The molecule has 2 amide bonds. The number of thioether (sulfide) groups is 1. The summed E-state index contributed by atoms with van der Waals surface area (Å²) in [4.78, 5) is 44.8. The van der Waals surface area contributed by atoms with E-state index in [1.165, 1.54) is 11.8 Å². The third-order valence-electron chi connectivity index (χ3n) is 8.48. The number of carbonyl (C=O) groups excluding carboxylic acids is 2. The second-order valence-corrected chi connectivity index (χ2v) is 11.7. The molecular formula is C30H38N4O4S. The highest BCUT2D eigenvalue weighted by atomic mass is 32.2. The fourth-order valence-electron chi connectivity index (χ4n) is 6.30. The number of nitrogens with zero attached hydrogens (tertiary/aromatic N) is 2. The Kier molecular flexibility index (Phi) is 8.19. The average molecular weight is 551 g/mol. The molecule has 3 aromatic rings. The van der Waals surface area contributed by atoms with Gasteiger partial charge in [0, 0.05) is 65.0 Å². The molecule has 208 valence electrons. The van der Waals surface area contributed by atoms with Crippen LogP contribution in [0.15, 0.2) is 40.0 Å². The van der Waals surface area contributed by atoms with Gasteiger partial charge in [-0.3, -0.25) is 14.4 Å². The molecule has 2 N–H and O–H groups in total. The Labute approximate surface area is 233 Å². The third kappa shape index (κ3) is 5.39. The van der Waals surface area contributed by atoms with Gasteiger partial charge >= 0.3 is 0 Å². The molecule has 9 heteroatoms. The summed E-state index contributed by atoms with van der Waals surface area (Å²) in [6.07, 6.45) is 4.62. The van der Waals surface area contributed by atoms with Crippen LogP contribution in [0.3, 0.4) is 0 Å². The molecule has 0 bridgehead atoms. The Morgan fingerprint density at radius 2 is 1.92 bits per heavy atom. The van der Waals surface area contributed by atoms with E-state index in [-0.39, 0.29) is 35.9 Å². The van der Waals surface area contributed by atoms with E-state index in [9.17, 15) is 14.4 Å². The number of hydrogen-bond acceptors (Lipinski definition) is 5. The number of aromatic amines is 1. The number of nitrogens with one attached hydrogen (secondary N) is 2. The van der Waals surface area contributed by atoms with Crippen LogP contribution >= 0.6 is 11.8 Å². The molecular weight excluding hydrogens is 512 g/mol. The molecule has 0 radical (unpaired) electrons. The lowest BCUT2D eigenvalue weighted by Gasteiger charge is -2.37. The molecule has 0 aliphatic carbocycles. The van der Waals surface area contributed by atoms with Crippen LogP contribution in [0.4, 0.5) is 0 Å². The van der Waals surface area contributed by atoms with E-state index in [1.54, 1.807) is 0 Å². The first kappa shape index (κ1) is 27.5. The maximum atomic E-state index is 13.6. The molecule has 2 fully saturated rings. The van der Waals surface area contributed by atoms with Crippen LogP contribution in [0.1, 0.15) is 59.5 Å². The van der Waals surface area contributed by atoms with Gasteiger partial charge in [-0.25, -0.2) is 0 Å². The van der Waals surface area contributed by atoms with Gasteiger partial charge < -0.3 is 24.5 Å². The molecule has 8 nitrogen and oxygen atoms in total. The molecule has 39 heavy (non-hydrogen) atoms. The predicted octanol–water partition coefficient (Wildman–Crippen LogP) is 4.43. The predicted molar refractivity (Wildman–Crippen MR) is 154 cm³/mol. The minimum Gasteiger partial charge on any atom is -0.381 e. The van der Waals surface area contributed by atoms with Crippen molar-refractivity contribution in [3.05, 3.63) is 63.2 Å². The first-order valence-electron chi connectivity index (χ1n) is 13.8. The topological polar surface area (TPSA) is 96.4 Å². The molecule has 2 aliphatic heterocycles. The summed E-state index contributed by atoms with van der Waals surface area (Å²) < 4.78 is 7.72. The van der Waals surface area contributed by atoms with Crippen molar-refractivity contribution >= 4 is 34.5 Å². The van der Waals surface area contributed by atoms with E-state index in [2.05, 4.69) is 27.9 Å². The SMILES string of the molecule is CSc1cc(C)[nH]c(=O)c1CNC(=O)c1c(C)n(C(C)C2CCN(C(=O)[C@H]3CCOC3)CC2)c2ccccc12. The number of H-pyrrole nitrogens is 1. The van der Waals surface area contributed by atoms with Crippen molar-refractivity contribution in [3.8, 4) is 0 Å². The highest BCUT2D eigenvalue weighted by Gasteiger charge is 2.33. The average Bonchev–Trinajstić information content (AvgIpc) is 3.57. The normalized spacial score (nSPS) is 19.0. The number of rotatable bonds is 7. The molecule has 1 aromatic carbocycles. The Morgan fingerprint density at radius 3 is 2.62 bits per heavy atom. The molecule has 5 rings (SSSR count). The van der Waals surface area contributed by atoms with E-state index in [4.69, 9.17) is 4.74 Å². The molecule has 0 saturated carbocycles. The smallest absolute Gasteiger partial charge is 0.254 e. The van der Waals surface area contributed by atoms with Gasteiger partial charge in [-0.15, -0.1) is 11.8 Å². The zero-order chi connectivity index (χ0) is 27.7. The van der Waals surface area contributed by atoms with Crippen LogP contribution in [0.25, 0.3) is 10.9 Å². The summed E-state index contributed by atoms with van der Waals surface area (Å²) >= 11 is 1.50. The second kappa shape index (κ2) is 11.6. The molecule has 2 aliphatic rings. The molecule has 4 heterocycles. The lowest BCUT2D eigenvalue weighted by molar-refractivity contribution is -0.137. The quantitative estimate of drug-likeness (QED) is 0.424. The van der Waals surface area contributed by atoms with Crippen molar-refractivity contribution in [1.82, 2.24) is 19.8 Å². The summed E-state index contributed by atoms with van der Waals surface area (Å²) in [6, 6.07) is 10.1. The van der Waals surface area contributed by atoms with Crippen molar-refractivity contribution in [2.45, 2.75) is 57.5 Å². The number of benzene rings is 1. The lowest BCUT2D eigenvalue weighted by Crippen LogP contribution is -2.43. The number of hydrogen-bond donors (Lipinski definition) is 2. The van der Waals surface area contributed by atoms with E-state index in [0.717, 1.165) is 59.5 Å². The number of likely N-dealkylation sites (tertiary alicyclic amines) is 1. The van der Waals surface area contributed by atoms with Crippen LogP contribution in [0.2, 0.25) is 0 Å². The van der Waals surface area contributed by atoms with Gasteiger partial charge in [0.15, 0.2) is 0 Å². The van der Waals surface area contributed by atoms with E-state index < -0.39 is 0 Å². The highest BCUT2D eigenvalue weighted by molar-refractivity contribution is 7.98. The van der Waals surface area contributed by atoms with Gasteiger partial charge in [-0.1, -0.05) is 18.2 Å². The number of piperidine rings is 1. The van der Waals surface area contributed by atoms with Crippen molar-refractivity contribution in [3.63, 3.8) is 0 Å².